The fraction of sp³-hybridized carbons (Fsp3) is 0.435. The van der Waals surface area contributed by atoms with E-state index < -0.39 is 10.0 Å². The van der Waals surface area contributed by atoms with Crippen molar-refractivity contribution >= 4 is 15.9 Å². The molecule has 3 rings (SSSR count). The average molecular weight is 447 g/mol. The number of nitrogens with one attached hydrogen (secondary N) is 1. The average Bonchev–Trinajstić information content (AvgIpc) is 2.81. The zero-order valence-corrected chi connectivity index (χ0v) is 18.7. The molecule has 0 aliphatic carbocycles. The van der Waals surface area contributed by atoms with Crippen molar-refractivity contribution in [3.8, 4) is 11.5 Å². The summed E-state index contributed by atoms with van der Waals surface area (Å²) in [6.45, 7) is 3.73. The molecule has 2 aromatic carbocycles. The fourth-order valence-electron chi connectivity index (χ4n) is 3.39. The Labute approximate surface area is 184 Å². The van der Waals surface area contributed by atoms with E-state index in [0.717, 1.165) is 31.4 Å². The Morgan fingerprint density at radius 2 is 1.61 bits per heavy atom. The second-order valence-corrected chi connectivity index (χ2v) is 9.36. The molecule has 0 aromatic heterocycles. The minimum absolute atomic E-state index is 0.120. The van der Waals surface area contributed by atoms with Gasteiger partial charge in [-0.05, 0) is 55.2 Å². The number of carbonyl (C=O) groups excluding carboxylic acids is 1. The predicted octanol–water partition coefficient (Wildman–Crippen LogP) is 3.35. The standard InChI is InChI=1S/C23H30N2O5S/c1-2-16-29-20-10-12-21(13-11-20)30-18-23(26)24-17-19-8-4-5-9-22(19)31(27,28)25-14-6-3-7-15-25/h4-5,8-13H,2-3,6-7,14-18H2,1H3,(H,24,26). The molecule has 1 heterocycles. The zero-order valence-electron chi connectivity index (χ0n) is 17.9. The summed E-state index contributed by atoms with van der Waals surface area (Å²) in [5.74, 6) is 0.994. The second kappa shape index (κ2) is 11.2. The van der Waals surface area contributed by atoms with Crippen LogP contribution in [-0.4, -0.2) is 44.9 Å². The quantitative estimate of drug-likeness (QED) is 0.605. The molecule has 0 unspecified atom stereocenters. The van der Waals surface area contributed by atoms with E-state index in [9.17, 15) is 13.2 Å². The molecule has 2 aromatic rings. The molecule has 0 spiro atoms. The van der Waals surface area contributed by atoms with Gasteiger partial charge in [-0.15, -0.1) is 0 Å². The van der Waals surface area contributed by atoms with Crippen LogP contribution in [-0.2, 0) is 21.4 Å². The van der Waals surface area contributed by atoms with Gasteiger partial charge in [0, 0.05) is 19.6 Å². The number of sulfonamides is 1. The van der Waals surface area contributed by atoms with Crippen LogP contribution in [0.4, 0.5) is 0 Å². The first kappa shape index (κ1) is 23.1. The summed E-state index contributed by atoms with van der Waals surface area (Å²) in [6.07, 6.45) is 3.74. The van der Waals surface area contributed by atoms with Crippen molar-refractivity contribution < 1.29 is 22.7 Å². The largest absolute Gasteiger partial charge is 0.494 e. The van der Waals surface area contributed by atoms with Crippen LogP contribution in [0.1, 0.15) is 38.2 Å². The van der Waals surface area contributed by atoms with Gasteiger partial charge >= 0.3 is 0 Å². The maximum atomic E-state index is 13.0. The third-order valence-corrected chi connectivity index (χ3v) is 7.05. The van der Waals surface area contributed by atoms with E-state index >= 15 is 0 Å². The smallest absolute Gasteiger partial charge is 0.258 e. The molecule has 0 atom stereocenters. The van der Waals surface area contributed by atoms with Crippen molar-refractivity contribution in [1.82, 2.24) is 9.62 Å². The third-order valence-electron chi connectivity index (χ3n) is 5.05. The van der Waals surface area contributed by atoms with E-state index in [2.05, 4.69) is 5.32 Å². The van der Waals surface area contributed by atoms with E-state index in [1.807, 2.05) is 6.92 Å². The van der Waals surface area contributed by atoms with E-state index in [0.29, 0.717) is 31.0 Å². The maximum Gasteiger partial charge on any atom is 0.258 e. The molecule has 1 aliphatic heterocycles. The molecule has 0 bridgehead atoms. The minimum Gasteiger partial charge on any atom is -0.494 e. The summed E-state index contributed by atoms with van der Waals surface area (Å²) in [5, 5.41) is 2.75. The van der Waals surface area contributed by atoms with Crippen molar-refractivity contribution in [1.29, 1.82) is 0 Å². The highest BCUT2D eigenvalue weighted by Crippen LogP contribution is 2.23. The highest BCUT2D eigenvalue weighted by Gasteiger charge is 2.27. The molecular weight excluding hydrogens is 416 g/mol. The van der Waals surface area contributed by atoms with Crippen LogP contribution in [0, 0.1) is 0 Å². The Hall–Kier alpha value is -2.58. The van der Waals surface area contributed by atoms with Crippen LogP contribution in [0.2, 0.25) is 0 Å². The normalized spacial score (nSPS) is 14.7. The van der Waals surface area contributed by atoms with Gasteiger partial charge in [0.25, 0.3) is 5.91 Å². The summed E-state index contributed by atoms with van der Waals surface area (Å²) >= 11 is 0. The molecule has 1 N–H and O–H groups in total. The molecule has 8 heteroatoms. The molecule has 1 amide bonds. The van der Waals surface area contributed by atoms with Crippen LogP contribution >= 0.6 is 0 Å². The zero-order chi connectivity index (χ0) is 22.1. The van der Waals surface area contributed by atoms with Gasteiger partial charge in [0.1, 0.15) is 11.5 Å². The molecule has 0 saturated carbocycles. The summed E-state index contributed by atoms with van der Waals surface area (Å²) in [4.78, 5) is 12.5. The van der Waals surface area contributed by atoms with E-state index in [1.54, 1.807) is 48.5 Å². The van der Waals surface area contributed by atoms with Gasteiger partial charge in [-0.25, -0.2) is 8.42 Å². The molecular formula is C23H30N2O5S. The number of hydrogen-bond acceptors (Lipinski definition) is 5. The van der Waals surface area contributed by atoms with Crippen molar-refractivity contribution in [3.05, 3.63) is 54.1 Å². The third kappa shape index (κ3) is 6.45. The lowest BCUT2D eigenvalue weighted by atomic mass is 10.2. The van der Waals surface area contributed by atoms with Crippen molar-refractivity contribution in [2.75, 3.05) is 26.3 Å². The van der Waals surface area contributed by atoms with Gasteiger partial charge in [-0.2, -0.15) is 4.31 Å². The summed E-state index contributed by atoms with van der Waals surface area (Å²) in [6, 6.07) is 13.9. The maximum absolute atomic E-state index is 13.0. The number of carbonyl (C=O) groups is 1. The van der Waals surface area contributed by atoms with Crippen LogP contribution < -0.4 is 14.8 Å². The highest BCUT2D eigenvalue weighted by atomic mass is 32.2. The van der Waals surface area contributed by atoms with Crippen LogP contribution in [0.3, 0.4) is 0 Å². The van der Waals surface area contributed by atoms with Gasteiger partial charge in [0.2, 0.25) is 10.0 Å². The fourth-order valence-corrected chi connectivity index (χ4v) is 5.13. The van der Waals surface area contributed by atoms with Crippen LogP contribution in [0.5, 0.6) is 11.5 Å². The first-order valence-electron chi connectivity index (χ1n) is 10.7. The SMILES string of the molecule is CCCOc1ccc(OCC(=O)NCc2ccccc2S(=O)(=O)N2CCCCC2)cc1. The van der Waals surface area contributed by atoms with Crippen LogP contribution in [0.25, 0.3) is 0 Å². The first-order valence-corrected chi connectivity index (χ1v) is 12.1. The molecule has 31 heavy (non-hydrogen) atoms. The predicted molar refractivity (Wildman–Crippen MR) is 119 cm³/mol. The van der Waals surface area contributed by atoms with Gasteiger partial charge in [-0.3, -0.25) is 4.79 Å². The Morgan fingerprint density at radius 1 is 0.968 bits per heavy atom. The van der Waals surface area contributed by atoms with Gasteiger partial charge in [0.15, 0.2) is 6.61 Å². The lowest BCUT2D eigenvalue weighted by Crippen LogP contribution is -2.36. The summed E-state index contributed by atoms with van der Waals surface area (Å²) in [5.41, 5.74) is 0.568. The number of ether oxygens (including phenoxy) is 2. The molecule has 0 radical (unpaired) electrons. The van der Waals surface area contributed by atoms with Gasteiger partial charge in [0.05, 0.1) is 11.5 Å². The van der Waals surface area contributed by atoms with Crippen molar-refractivity contribution in [2.45, 2.75) is 44.0 Å². The second-order valence-electron chi connectivity index (χ2n) is 7.46. The van der Waals surface area contributed by atoms with Crippen LogP contribution in [0.15, 0.2) is 53.4 Å². The number of hydrogen-bond donors (Lipinski definition) is 1. The number of rotatable bonds is 10. The minimum atomic E-state index is -3.57. The molecule has 168 valence electrons. The number of amides is 1. The van der Waals surface area contributed by atoms with Gasteiger partial charge < -0.3 is 14.8 Å². The van der Waals surface area contributed by atoms with Gasteiger partial charge in [-0.1, -0.05) is 31.5 Å². The van der Waals surface area contributed by atoms with Crippen molar-refractivity contribution in [2.24, 2.45) is 0 Å². The summed E-state index contributed by atoms with van der Waals surface area (Å²) in [7, 11) is -3.57. The Balaban J connectivity index is 1.54. The first-order chi connectivity index (χ1) is 15.0. The lowest BCUT2D eigenvalue weighted by molar-refractivity contribution is -0.123. The number of nitrogens with zero attached hydrogens (tertiary/aromatic N) is 1. The van der Waals surface area contributed by atoms with E-state index in [4.69, 9.17) is 9.47 Å². The molecule has 1 saturated heterocycles. The number of piperidine rings is 1. The molecule has 7 nitrogen and oxygen atoms in total. The topological polar surface area (TPSA) is 84.9 Å². The Kier molecular flexibility index (Phi) is 8.31. The lowest BCUT2D eigenvalue weighted by Gasteiger charge is -2.26. The van der Waals surface area contributed by atoms with E-state index in [1.165, 1.54) is 4.31 Å². The monoisotopic (exact) mass is 446 g/mol. The Morgan fingerprint density at radius 3 is 2.29 bits per heavy atom. The van der Waals surface area contributed by atoms with Crippen molar-refractivity contribution in [3.63, 3.8) is 0 Å². The molecule has 1 aliphatic rings. The Bertz CT molecular complexity index is 954. The number of benzene rings is 2. The van der Waals surface area contributed by atoms with E-state index in [-0.39, 0.29) is 24.0 Å². The highest BCUT2D eigenvalue weighted by molar-refractivity contribution is 7.89. The molecule has 1 fully saturated rings. The summed E-state index contributed by atoms with van der Waals surface area (Å²) < 4.78 is 38.6.